The number of carbonyl (C=O) groups is 4. The van der Waals surface area contributed by atoms with E-state index in [-0.39, 0.29) is 30.0 Å². The number of allylic oxidation sites excluding steroid dienone is 2. The first-order valence-electron chi connectivity index (χ1n) is 13.6. The highest BCUT2D eigenvalue weighted by Gasteiger charge is 2.77. The molecule has 7 rings (SSSR count). The Bertz CT molecular complexity index is 1740. The van der Waals surface area contributed by atoms with Gasteiger partial charge in [0.25, 0.3) is 11.8 Å². The molecule has 2 saturated heterocycles. The minimum absolute atomic E-state index is 0.0796. The normalized spacial score (nSPS) is 31.7. The van der Waals surface area contributed by atoms with Crippen molar-refractivity contribution in [2.45, 2.75) is 35.1 Å². The Morgan fingerprint density at radius 1 is 0.860 bits per heavy atom. The van der Waals surface area contributed by atoms with Crippen LogP contribution < -0.4 is 9.80 Å². The highest BCUT2D eigenvalue weighted by atomic mass is 35.5. The molecular formula is C31H22Cl3FN2O6. The average molecular weight is 644 g/mol. The summed E-state index contributed by atoms with van der Waals surface area (Å²) in [5, 5.41) is 10.2. The number of furan rings is 1. The van der Waals surface area contributed by atoms with Gasteiger partial charge in [0, 0.05) is 5.02 Å². The number of nitrogens with zero attached hydrogens (tertiary/aromatic N) is 2. The number of carbonyl (C=O) groups excluding carboxylic acids is 4. The molecule has 2 aromatic carbocycles. The molecule has 1 N–H and O–H groups in total. The number of aliphatic hydroxyl groups is 1. The predicted octanol–water partition coefficient (Wildman–Crippen LogP) is 5.33. The van der Waals surface area contributed by atoms with Crippen molar-refractivity contribution >= 4 is 69.8 Å². The minimum atomic E-state index is -2.11. The lowest BCUT2D eigenvalue weighted by molar-refractivity contribution is -0.125. The van der Waals surface area contributed by atoms with Gasteiger partial charge in [-0.2, -0.15) is 0 Å². The summed E-state index contributed by atoms with van der Waals surface area (Å²) in [5.74, 6) is -6.21. The number of amides is 4. The second-order valence-corrected chi connectivity index (χ2v) is 12.9. The number of imide groups is 2. The number of fused-ring (bicyclic) bond motifs is 4. The monoisotopic (exact) mass is 642 g/mol. The molecule has 0 radical (unpaired) electrons. The number of anilines is 2. The van der Waals surface area contributed by atoms with Crippen molar-refractivity contribution in [1.82, 2.24) is 0 Å². The smallest absolute Gasteiger partial charge is 0.258 e. The van der Waals surface area contributed by atoms with Crippen molar-refractivity contribution in [3.63, 3.8) is 0 Å². The summed E-state index contributed by atoms with van der Waals surface area (Å²) in [6, 6.07) is 14.2. The van der Waals surface area contributed by atoms with E-state index < -0.39 is 69.5 Å². The van der Waals surface area contributed by atoms with Crippen LogP contribution in [0.15, 0.2) is 76.7 Å². The first kappa shape index (κ1) is 28.3. The third-order valence-corrected chi connectivity index (χ3v) is 10.8. The molecule has 1 saturated carbocycles. The molecule has 6 atom stereocenters. The Kier molecular flexibility index (Phi) is 6.42. The lowest BCUT2D eigenvalue weighted by Crippen LogP contribution is -2.60. The van der Waals surface area contributed by atoms with E-state index in [2.05, 4.69) is 0 Å². The van der Waals surface area contributed by atoms with Gasteiger partial charge in [0.2, 0.25) is 11.8 Å². The molecule has 4 amide bonds. The Morgan fingerprint density at radius 2 is 1.51 bits per heavy atom. The fourth-order valence-corrected chi connectivity index (χ4v) is 8.23. The molecule has 8 nitrogen and oxygen atoms in total. The van der Waals surface area contributed by atoms with Crippen LogP contribution in [0.2, 0.25) is 5.02 Å². The molecule has 3 fully saturated rings. The van der Waals surface area contributed by atoms with Crippen molar-refractivity contribution in [3.8, 4) is 0 Å². The maximum absolute atomic E-state index is 14.2. The Labute approximate surface area is 259 Å². The molecule has 4 aliphatic rings. The van der Waals surface area contributed by atoms with Crippen molar-refractivity contribution in [3.05, 3.63) is 94.7 Å². The third-order valence-electron chi connectivity index (χ3n) is 9.10. The lowest BCUT2D eigenvalue weighted by atomic mass is 9.57. The van der Waals surface area contributed by atoms with Gasteiger partial charge < -0.3 is 9.52 Å². The van der Waals surface area contributed by atoms with E-state index in [1.807, 2.05) is 0 Å². The Morgan fingerprint density at radius 3 is 2.16 bits per heavy atom. The SMILES string of the molecule is O=C1C2CC=C3C(CC4(Cl)C(=O)N(c5ccc(F)cc5)C(=O)C4(Cl)C3c3ccc(CO)o3)C2C(=O)N1c1ccc(Cl)cc1. The van der Waals surface area contributed by atoms with Crippen molar-refractivity contribution < 1.29 is 33.1 Å². The van der Waals surface area contributed by atoms with Gasteiger partial charge in [-0.3, -0.25) is 24.1 Å². The highest BCUT2D eigenvalue weighted by molar-refractivity contribution is 6.58. The van der Waals surface area contributed by atoms with E-state index in [0.29, 0.717) is 16.3 Å². The zero-order valence-electron chi connectivity index (χ0n) is 22.2. The summed E-state index contributed by atoms with van der Waals surface area (Å²) in [5.41, 5.74) is 0.992. The van der Waals surface area contributed by atoms with Crippen LogP contribution >= 0.6 is 34.8 Å². The molecule has 2 aliphatic carbocycles. The fourth-order valence-electron chi connectivity index (χ4n) is 7.19. The maximum atomic E-state index is 14.2. The van der Waals surface area contributed by atoms with E-state index in [9.17, 15) is 28.7 Å². The van der Waals surface area contributed by atoms with Crippen LogP contribution in [0, 0.1) is 23.6 Å². The van der Waals surface area contributed by atoms with Gasteiger partial charge >= 0.3 is 0 Å². The Hall–Kier alpha value is -3.50. The molecule has 2 aliphatic heterocycles. The van der Waals surface area contributed by atoms with Crippen LogP contribution in [0.3, 0.4) is 0 Å². The molecule has 0 spiro atoms. The predicted molar refractivity (Wildman–Crippen MR) is 155 cm³/mol. The molecule has 12 heteroatoms. The van der Waals surface area contributed by atoms with Crippen LogP contribution in [0.1, 0.15) is 30.3 Å². The second kappa shape index (κ2) is 9.75. The minimum Gasteiger partial charge on any atom is -0.463 e. The summed E-state index contributed by atoms with van der Waals surface area (Å²) in [6.07, 6.45) is 1.75. The summed E-state index contributed by atoms with van der Waals surface area (Å²) in [4.78, 5) is 53.9. The van der Waals surface area contributed by atoms with Gasteiger partial charge in [-0.1, -0.05) is 23.3 Å². The molecular weight excluding hydrogens is 622 g/mol. The molecule has 220 valence electrons. The summed E-state index contributed by atoms with van der Waals surface area (Å²) in [7, 11) is 0. The zero-order chi connectivity index (χ0) is 30.4. The zero-order valence-corrected chi connectivity index (χ0v) is 24.4. The number of alkyl halides is 2. The number of aliphatic hydroxyl groups excluding tert-OH is 1. The molecule has 3 heterocycles. The molecule has 43 heavy (non-hydrogen) atoms. The van der Waals surface area contributed by atoms with E-state index in [0.717, 1.165) is 21.9 Å². The summed E-state index contributed by atoms with van der Waals surface area (Å²) in [6.45, 7) is -0.432. The molecule has 3 aromatic rings. The standard InChI is InChI=1S/C31H22Cl3FN2O6/c32-15-1-5-17(6-2-15)36-26(39)21-11-10-20-22(24(21)27(36)40)13-30(33)28(41)37(18-7-3-16(35)4-8-18)29(42)31(30,34)25(20)23-12-9-19(14-38)43-23/h1-10,12,21-22,24-25,38H,11,13-14H2. The Balaban J connectivity index is 1.38. The fraction of sp³-hybridized carbons (Fsp3) is 0.290. The first-order valence-corrected chi connectivity index (χ1v) is 14.7. The van der Waals surface area contributed by atoms with Crippen molar-refractivity contribution in [2.75, 3.05) is 9.80 Å². The number of rotatable bonds is 4. The van der Waals surface area contributed by atoms with Gasteiger partial charge in [-0.15, -0.1) is 23.2 Å². The van der Waals surface area contributed by atoms with Crippen LogP contribution in [-0.2, 0) is 25.8 Å². The number of halogens is 4. The second-order valence-electron chi connectivity index (χ2n) is 11.2. The number of hydrogen-bond donors (Lipinski definition) is 1. The van der Waals surface area contributed by atoms with E-state index in [4.69, 9.17) is 39.2 Å². The van der Waals surface area contributed by atoms with E-state index in [1.165, 1.54) is 18.2 Å². The van der Waals surface area contributed by atoms with Gasteiger partial charge in [-0.25, -0.2) is 9.29 Å². The molecule has 0 bridgehead atoms. The quantitative estimate of drug-likeness (QED) is 0.234. The summed E-state index contributed by atoms with van der Waals surface area (Å²) >= 11 is 20.6. The van der Waals surface area contributed by atoms with Crippen LogP contribution in [-0.4, -0.2) is 38.5 Å². The van der Waals surface area contributed by atoms with Gasteiger partial charge in [-0.05, 0) is 79.4 Å². The molecule has 6 unspecified atom stereocenters. The summed E-state index contributed by atoms with van der Waals surface area (Å²) < 4.78 is 19.7. The first-order chi connectivity index (χ1) is 20.5. The van der Waals surface area contributed by atoms with Crippen LogP contribution in [0.25, 0.3) is 0 Å². The topological polar surface area (TPSA) is 108 Å². The maximum Gasteiger partial charge on any atom is 0.258 e. The molecule has 1 aromatic heterocycles. The van der Waals surface area contributed by atoms with Gasteiger partial charge in [0.05, 0.1) is 29.1 Å². The van der Waals surface area contributed by atoms with E-state index in [1.54, 1.807) is 36.4 Å². The number of hydrogen-bond acceptors (Lipinski definition) is 6. The largest absolute Gasteiger partial charge is 0.463 e. The average Bonchev–Trinajstić information content (AvgIpc) is 3.61. The highest BCUT2D eigenvalue weighted by Crippen LogP contribution is 2.66. The van der Waals surface area contributed by atoms with E-state index >= 15 is 0 Å². The van der Waals surface area contributed by atoms with Crippen LogP contribution in [0.4, 0.5) is 15.8 Å². The number of benzene rings is 2. The van der Waals surface area contributed by atoms with Crippen molar-refractivity contribution in [1.29, 1.82) is 0 Å². The third kappa shape index (κ3) is 3.78. The van der Waals surface area contributed by atoms with Crippen LogP contribution in [0.5, 0.6) is 0 Å². The lowest BCUT2D eigenvalue weighted by Gasteiger charge is -2.49. The van der Waals surface area contributed by atoms with Gasteiger partial charge in [0.1, 0.15) is 23.9 Å². The van der Waals surface area contributed by atoms with Gasteiger partial charge in [0.15, 0.2) is 9.75 Å². The van der Waals surface area contributed by atoms with Crippen molar-refractivity contribution in [2.24, 2.45) is 17.8 Å².